The molecule has 1 heterocycles. The average molecular weight is 290 g/mol. The van der Waals surface area contributed by atoms with Crippen LogP contribution < -0.4 is 5.32 Å². The maximum Gasteiger partial charge on any atom is 0.339 e. The topological polar surface area (TPSA) is 68.3 Å². The van der Waals surface area contributed by atoms with Crippen molar-refractivity contribution < 1.29 is 14.3 Å². The quantitative estimate of drug-likeness (QED) is 0.883. The number of thiazole rings is 1. The summed E-state index contributed by atoms with van der Waals surface area (Å²) >= 11 is 1.46. The third kappa shape index (κ3) is 2.85. The third-order valence-corrected chi connectivity index (χ3v) is 3.59. The molecule has 0 saturated carbocycles. The number of hydrogen-bond donors (Lipinski definition) is 1. The molecule has 5 nitrogen and oxygen atoms in total. The van der Waals surface area contributed by atoms with E-state index in [1.165, 1.54) is 18.4 Å². The summed E-state index contributed by atoms with van der Waals surface area (Å²) in [6, 6.07) is 6.70. The minimum atomic E-state index is -0.493. The number of carbonyl (C=O) groups is 2. The molecule has 104 valence electrons. The van der Waals surface area contributed by atoms with Gasteiger partial charge >= 0.3 is 5.97 Å². The number of methoxy groups -OCH3 is 1. The van der Waals surface area contributed by atoms with Crippen LogP contribution in [0.2, 0.25) is 0 Å². The fourth-order valence-electron chi connectivity index (χ4n) is 1.80. The molecule has 0 spiro atoms. The molecule has 0 bridgehead atoms. The number of amides is 1. The Kier molecular flexibility index (Phi) is 4.14. The highest BCUT2D eigenvalue weighted by atomic mass is 32.1. The monoisotopic (exact) mass is 290 g/mol. The molecule has 0 saturated heterocycles. The van der Waals surface area contributed by atoms with Crippen molar-refractivity contribution in [3.8, 4) is 0 Å². The number of esters is 1. The lowest BCUT2D eigenvalue weighted by molar-refractivity contribution is 0.0602. The van der Waals surface area contributed by atoms with Gasteiger partial charge in [0, 0.05) is 4.88 Å². The second-order valence-electron chi connectivity index (χ2n) is 4.13. The van der Waals surface area contributed by atoms with Crippen LogP contribution in [0.4, 0.5) is 5.69 Å². The Morgan fingerprint density at radius 2 is 1.95 bits per heavy atom. The minimum absolute atomic E-state index is 0.313. The lowest BCUT2D eigenvalue weighted by atomic mass is 10.1. The Balaban J connectivity index is 2.29. The molecule has 6 heteroatoms. The van der Waals surface area contributed by atoms with E-state index in [1.54, 1.807) is 24.3 Å². The van der Waals surface area contributed by atoms with Crippen molar-refractivity contribution in [2.75, 3.05) is 12.4 Å². The molecule has 0 radical (unpaired) electrons. The lowest BCUT2D eigenvalue weighted by Gasteiger charge is -2.08. The van der Waals surface area contributed by atoms with Gasteiger partial charge in [-0.2, -0.15) is 0 Å². The number of aromatic nitrogens is 1. The number of hydrogen-bond acceptors (Lipinski definition) is 5. The Morgan fingerprint density at radius 1 is 1.25 bits per heavy atom. The van der Waals surface area contributed by atoms with Gasteiger partial charge in [-0.05, 0) is 26.0 Å². The number of anilines is 1. The first-order valence-electron chi connectivity index (χ1n) is 5.95. The highest BCUT2D eigenvalue weighted by Gasteiger charge is 2.17. The van der Waals surface area contributed by atoms with E-state index in [9.17, 15) is 9.59 Å². The predicted octanol–water partition coefficient (Wildman–Crippen LogP) is 2.80. The lowest BCUT2D eigenvalue weighted by Crippen LogP contribution is -2.16. The van der Waals surface area contributed by atoms with Gasteiger partial charge in [-0.15, -0.1) is 11.3 Å². The van der Waals surface area contributed by atoms with Gasteiger partial charge in [0.1, 0.15) is 5.69 Å². The van der Waals surface area contributed by atoms with E-state index in [0.717, 1.165) is 9.88 Å². The zero-order chi connectivity index (χ0) is 14.7. The Labute approximate surface area is 120 Å². The van der Waals surface area contributed by atoms with Gasteiger partial charge in [0.05, 0.1) is 23.4 Å². The van der Waals surface area contributed by atoms with E-state index in [4.69, 9.17) is 0 Å². The van der Waals surface area contributed by atoms with E-state index in [2.05, 4.69) is 15.0 Å². The van der Waals surface area contributed by atoms with Crippen molar-refractivity contribution in [2.24, 2.45) is 0 Å². The van der Waals surface area contributed by atoms with Crippen molar-refractivity contribution in [3.63, 3.8) is 0 Å². The number of carbonyl (C=O) groups excluding carboxylic acids is 2. The fraction of sp³-hybridized carbons (Fsp3) is 0.214. The maximum absolute atomic E-state index is 12.2. The normalized spacial score (nSPS) is 10.2. The SMILES string of the molecule is COC(=O)c1ccccc1NC(=O)c1nc(C)sc1C. The van der Waals surface area contributed by atoms with Crippen LogP contribution >= 0.6 is 11.3 Å². The fourth-order valence-corrected chi connectivity index (χ4v) is 2.62. The molecular formula is C14H14N2O3S. The van der Waals surface area contributed by atoms with Crippen molar-refractivity contribution in [2.45, 2.75) is 13.8 Å². The summed E-state index contributed by atoms with van der Waals surface area (Å²) in [6.07, 6.45) is 0. The maximum atomic E-state index is 12.2. The van der Waals surface area contributed by atoms with Crippen molar-refractivity contribution in [1.82, 2.24) is 4.98 Å². The van der Waals surface area contributed by atoms with Gasteiger partial charge in [0.2, 0.25) is 0 Å². The first-order chi connectivity index (χ1) is 9.52. The first-order valence-corrected chi connectivity index (χ1v) is 6.77. The number of ether oxygens (including phenoxy) is 1. The molecular weight excluding hydrogens is 276 g/mol. The van der Waals surface area contributed by atoms with Crippen LogP contribution in [0, 0.1) is 13.8 Å². The molecule has 0 fully saturated rings. The average Bonchev–Trinajstić information content (AvgIpc) is 2.77. The van der Waals surface area contributed by atoms with Crippen molar-refractivity contribution >= 4 is 28.9 Å². The van der Waals surface area contributed by atoms with Crippen LogP contribution in [-0.2, 0) is 4.74 Å². The summed E-state index contributed by atoms with van der Waals surface area (Å²) in [5, 5.41) is 3.53. The van der Waals surface area contributed by atoms with Crippen molar-refractivity contribution in [3.05, 3.63) is 45.4 Å². The summed E-state index contributed by atoms with van der Waals surface area (Å²) < 4.78 is 4.69. The smallest absolute Gasteiger partial charge is 0.339 e. The highest BCUT2D eigenvalue weighted by Crippen LogP contribution is 2.20. The standard InChI is InChI=1S/C14H14N2O3S/c1-8-12(15-9(2)20-8)13(17)16-11-7-5-4-6-10(11)14(18)19-3/h4-7H,1-3H3,(H,16,17). The Bertz CT molecular complexity index is 664. The minimum Gasteiger partial charge on any atom is -0.465 e. The zero-order valence-corrected chi connectivity index (χ0v) is 12.2. The number of aryl methyl sites for hydroxylation is 2. The molecule has 0 aliphatic heterocycles. The van der Waals surface area contributed by atoms with Crippen LogP contribution in [0.25, 0.3) is 0 Å². The summed E-state index contributed by atoms with van der Waals surface area (Å²) in [6.45, 7) is 3.68. The van der Waals surface area contributed by atoms with Crippen LogP contribution in [-0.4, -0.2) is 24.0 Å². The van der Waals surface area contributed by atoms with Crippen LogP contribution in [0.3, 0.4) is 0 Å². The van der Waals surface area contributed by atoms with Crippen LogP contribution in [0.1, 0.15) is 30.7 Å². The Hall–Kier alpha value is -2.21. The summed E-state index contributed by atoms with van der Waals surface area (Å²) in [7, 11) is 1.30. The molecule has 1 N–H and O–H groups in total. The van der Waals surface area contributed by atoms with Crippen molar-refractivity contribution in [1.29, 1.82) is 0 Å². The van der Waals surface area contributed by atoms with Gasteiger partial charge in [0.25, 0.3) is 5.91 Å². The van der Waals surface area contributed by atoms with Gasteiger partial charge in [-0.25, -0.2) is 9.78 Å². The molecule has 0 aliphatic carbocycles. The number of nitrogens with zero attached hydrogens (tertiary/aromatic N) is 1. The molecule has 20 heavy (non-hydrogen) atoms. The van der Waals surface area contributed by atoms with E-state index in [1.807, 2.05) is 13.8 Å². The highest BCUT2D eigenvalue weighted by molar-refractivity contribution is 7.11. The molecule has 1 aromatic heterocycles. The molecule has 1 amide bonds. The summed E-state index contributed by atoms with van der Waals surface area (Å²) in [4.78, 5) is 28.9. The van der Waals surface area contributed by atoms with E-state index < -0.39 is 5.97 Å². The summed E-state index contributed by atoms with van der Waals surface area (Å²) in [5.74, 6) is -0.824. The molecule has 0 atom stereocenters. The largest absolute Gasteiger partial charge is 0.465 e. The third-order valence-electron chi connectivity index (χ3n) is 2.70. The van der Waals surface area contributed by atoms with Gasteiger partial charge in [-0.1, -0.05) is 12.1 Å². The van der Waals surface area contributed by atoms with E-state index in [-0.39, 0.29) is 5.91 Å². The Morgan fingerprint density at radius 3 is 2.55 bits per heavy atom. The van der Waals surface area contributed by atoms with Gasteiger partial charge in [-0.3, -0.25) is 4.79 Å². The number of para-hydroxylation sites is 1. The molecule has 1 aromatic carbocycles. The van der Waals surface area contributed by atoms with E-state index in [0.29, 0.717) is 16.9 Å². The predicted molar refractivity (Wildman–Crippen MR) is 77.3 cm³/mol. The molecule has 0 unspecified atom stereocenters. The van der Waals surface area contributed by atoms with Gasteiger partial charge in [0.15, 0.2) is 0 Å². The molecule has 0 aliphatic rings. The number of nitrogens with one attached hydrogen (secondary N) is 1. The van der Waals surface area contributed by atoms with Crippen LogP contribution in [0.15, 0.2) is 24.3 Å². The van der Waals surface area contributed by atoms with Crippen LogP contribution in [0.5, 0.6) is 0 Å². The second kappa shape index (κ2) is 5.83. The second-order valence-corrected chi connectivity index (χ2v) is 5.54. The van der Waals surface area contributed by atoms with Gasteiger partial charge < -0.3 is 10.1 Å². The molecule has 2 rings (SSSR count). The molecule has 2 aromatic rings. The number of rotatable bonds is 3. The number of benzene rings is 1. The summed E-state index contributed by atoms with van der Waals surface area (Å²) in [5.41, 5.74) is 1.11. The first kappa shape index (κ1) is 14.2. The van der Waals surface area contributed by atoms with E-state index >= 15 is 0 Å². The zero-order valence-electron chi connectivity index (χ0n) is 11.4.